The predicted molar refractivity (Wildman–Crippen MR) is 46.4 cm³/mol. The molecule has 0 aromatic rings. The highest BCUT2D eigenvalue weighted by atomic mass is 16.3. The molecule has 0 heterocycles. The number of hydrogen-bond donors (Lipinski definition) is 1. The van der Waals surface area contributed by atoms with Crippen molar-refractivity contribution in [3.05, 3.63) is 0 Å². The molecule has 1 N–H and O–H groups in total. The number of aliphatic hydroxyl groups is 1. The second-order valence-corrected chi connectivity index (χ2v) is 3.29. The summed E-state index contributed by atoms with van der Waals surface area (Å²) in [5.41, 5.74) is 0. The van der Waals surface area contributed by atoms with Gasteiger partial charge in [-0.25, -0.2) is 0 Å². The molecule has 0 aromatic carbocycles. The Bertz CT molecular complexity index is 224. The molecule has 0 radical (unpaired) electrons. The van der Waals surface area contributed by atoms with Gasteiger partial charge < -0.3 is 5.11 Å². The molecule has 0 aromatic heterocycles. The lowest BCUT2D eigenvalue weighted by Gasteiger charge is -2.25. The van der Waals surface area contributed by atoms with E-state index in [2.05, 4.69) is 0 Å². The maximum absolute atomic E-state index is 9.55. The van der Waals surface area contributed by atoms with E-state index in [1.807, 2.05) is 12.1 Å². The van der Waals surface area contributed by atoms with Gasteiger partial charge in [-0.15, -0.1) is 0 Å². The first-order valence-corrected chi connectivity index (χ1v) is 4.45. The second-order valence-electron chi connectivity index (χ2n) is 3.29. The number of hydrogen-bond acceptors (Lipinski definition) is 4. The number of aliphatic hydroxyl groups excluding tert-OH is 1. The molecule has 0 aliphatic heterocycles. The maximum atomic E-state index is 9.55. The Hall–Kier alpha value is -1.10. The molecule has 4 heteroatoms. The van der Waals surface area contributed by atoms with Crippen molar-refractivity contribution in [2.75, 3.05) is 13.1 Å². The third kappa shape index (κ3) is 2.42. The van der Waals surface area contributed by atoms with Crippen LogP contribution in [0.3, 0.4) is 0 Å². The first-order chi connectivity index (χ1) is 6.29. The van der Waals surface area contributed by atoms with Crippen molar-refractivity contribution in [1.29, 1.82) is 10.5 Å². The third-order valence-corrected chi connectivity index (χ3v) is 2.46. The molecule has 0 amide bonds. The third-order valence-electron chi connectivity index (χ3n) is 2.46. The fraction of sp³-hybridized carbons (Fsp3) is 0.778. The van der Waals surface area contributed by atoms with Gasteiger partial charge in [-0.2, -0.15) is 10.5 Å². The minimum absolute atomic E-state index is 0.0132. The van der Waals surface area contributed by atoms with Gasteiger partial charge in [-0.05, 0) is 19.3 Å². The lowest BCUT2D eigenvalue weighted by molar-refractivity contribution is 0.0863. The largest absolute Gasteiger partial charge is 0.391 e. The summed E-state index contributed by atoms with van der Waals surface area (Å²) in [6.07, 6.45) is 2.31. The average Bonchev–Trinajstić information content (AvgIpc) is 2.51. The summed E-state index contributed by atoms with van der Waals surface area (Å²) in [5, 5.41) is 26.6. The SMILES string of the molecule is N#CCN(CC#N)C1CCCC1O. The Labute approximate surface area is 78.0 Å². The van der Waals surface area contributed by atoms with Crippen LogP contribution in [0.2, 0.25) is 0 Å². The lowest BCUT2D eigenvalue weighted by atomic mass is 10.2. The van der Waals surface area contributed by atoms with Crippen LogP contribution < -0.4 is 0 Å². The second kappa shape index (κ2) is 4.81. The van der Waals surface area contributed by atoms with Crippen molar-refractivity contribution in [3.63, 3.8) is 0 Å². The Morgan fingerprint density at radius 2 is 1.85 bits per heavy atom. The molecular formula is C9H13N3O. The Morgan fingerprint density at radius 3 is 2.23 bits per heavy atom. The molecular weight excluding hydrogens is 166 g/mol. The van der Waals surface area contributed by atoms with Crippen LogP contribution in [0.1, 0.15) is 19.3 Å². The Kier molecular flexibility index (Phi) is 3.70. The van der Waals surface area contributed by atoms with E-state index < -0.39 is 0 Å². The molecule has 1 saturated carbocycles. The Morgan fingerprint density at radius 1 is 1.23 bits per heavy atom. The quantitative estimate of drug-likeness (QED) is 0.630. The normalized spacial score (nSPS) is 27.1. The summed E-state index contributed by atoms with van der Waals surface area (Å²) in [6, 6.07) is 4.04. The van der Waals surface area contributed by atoms with Crippen molar-refractivity contribution in [1.82, 2.24) is 4.90 Å². The van der Waals surface area contributed by atoms with Crippen LogP contribution in [-0.2, 0) is 0 Å². The minimum Gasteiger partial charge on any atom is -0.391 e. The standard InChI is InChI=1S/C9H13N3O/c10-4-6-12(7-5-11)8-2-1-3-9(8)13/h8-9,13H,1-3,6-7H2. The fourth-order valence-corrected chi connectivity index (χ4v) is 1.82. The molecule has 0 saturated heterocycles. The Balaban J connectivity index is 2.54. The maximum Gasteiger partial charge on any atom is 0.0877 e. The first-order valence-electron chi connectivity index (χ1n) is 4.45. The molecule has 70 valence electrons. The number of nitriles is 2. The molecule has 1 aliphatic carbocycles. The monoisotopic (exact) mass is 179 g/mol. The summed E-state index contributed by atoms with van der Waals surface area (Å²) < 4.78 is 0. The van der Waals surface area contributed by atoms with E-state index in [-0.39, 0.29) is 25.2 Å². The molecule has 13 heavy (non-hydrogen) atoms. The molecule has 2 atom stereocenters. The van der Waals surface area contributed by atoms with Crippen molar-refractivity contribution in [2.24, 2.45) is 0 Å². The van der Waals surface area contributed by atoms with E-state index in [9.17, 15) is 5.11 Å². The van der Waals surface area contributed by atoms with Gasteiger partial charge in [0.15, 0.2) is 0 Å². The van der Waals surface area contributed by atoms with Crippen LogP contribution in [0.25, 0.3) is 0 Å². The van der Waals surface area contributed by atoms with Gasteiger partial charge in [0.25, 0.3) is 0 Å². The van der Waals surface area contributed by atoms with Gasteiger partial charge in [-0.1, -0.05) is 0 Å². The highest BCUT2D eigenvalue weighted by Crippen LogP contribution is 2.23. The van der Waals surface area contributed by atoms with Gasteiger partial charge in [0.05, 0.1) is 31.3 Å². The molecule has 0 spiro atoms. The zero-order chi connectivity index (χ0) is 9.68. The highest BCUT2D eigenvalue weighted by Gasteiger charge is 2.30. The van der Waals surface area contributed by atoms with Crippen LogP contribution in [0.4, 0.5) is 0 Å². The topological polar surface area (TPSA) is 71.0 Å². The number of nitrogens with zero attached hydrogens (tertiary/aromatic N) is 3. The average molecular weight is 179 g/mol. The lowest BCUT2D eigenvalue weighted by Crippen LogP contribution is -2.40. The summed E-state index contributed by atoms with van der Waals surface area (Å²) in [6.45, 7) is 0.463. The smallest absolute Gasteiger partial charge is 0.0877 e. The van der Waals surface area contributed by atoms with Crippen molar-refractivity contribution >= 4 is 0 Å². The van der Waals surface area contributed by atoms with E-state index >= 15 is 0 Å². The summed E-state index contributed by atoms with van der Waals surface area (Å²) in [4.78, 5) is 1.75. The van der Waals surface area contributed by atoms with E-state index in [1.54, 1.807) is 4.90 Å². The predicted octanol–water partition coefficient (Wildman–Crippen LogP) is 0.249. The summed E-state index contributed by atoms with van der Waals surface area (Å²) >= 11 is 0. The van der Waals surface area contributed by atoms with Crippen LogP contribution in [-0.4, -0.2) is 35.2 Å². The molecule has 4 nitrogen and oxygen atoms in total. The zero-order valence-electron chi connectivity index (χ0n) is 7.48. The molecule has 1 rings (SSSR count). The summed E-state index contributed by atoms with van der Waals surface area (Å²) in [7, 11) is 0. The zero-order valence-corrected chi connectivity index (χ0v) is 7.48. The van der Waals surface area contributed by atoms with Gasteiger partial charge in [-0.3, -0.25) is 4.90 Å². The van der Waals surface area contributed by atoms with E-state index in [1.165, 1.54) is 0 Å². The van der Waals surface area contributed by atoms with Gasteiger partial charge >= 0.3 is 0 Å². The number of rotatable bonds is 3. The van der Waals surface area contributed by atoms with Crippen LogP contribution in [0, 0.1) is 22.7 Å². The fourth-order valence-electron chi connectivity index (χ4n) is 1.82. The van der Waals surface area contributed by atoms with Gasteiger partial charge in [0.2, 0.25) is 0 Å². The molecule has 2 unspecified atom stereocenters. The van der Waals surface area contributed by atoms with E-state index in [0.717, 1.165) is 19.3 Å². The van der Waals surface area contributed by atoms with Gasteiger partial charge in [0, 0.05) is 6.04 Å². The van der Waals surface area contributed by atoms with Crippen LogP contribution >= 0.6 is 0 Å². The highest BCUT2D eigenvalue weighted by molar-refractivity contribution is 4.93. The van der Waals surface area contributed by atoms with Crippen LogP contribution in [0.15, 0.2) is 0 Å². The van der Waals surface area contributed by atoms with Crippen molar-refractivity contribution < 1.29 is 5.11 Å². The molecule has 1 aliphatic rings. The minimum atomic E-state index is -0.360. The first kappa shape index (κ1) is 9.98. The summed E-state index contributed by atoms with van der Waals surface area (Å²) in [5.74, 6) is 0. The molecule has 1 fully saturated rings. The van der Waals surface area contributed by atoms with Crippen LogP contribution in [0.5, 0.6) is 0 Å². The van der Waals surface area contributed by atoms with Crippen molar-refractivity contribution in [2.45, 2.75) is 31.4 Å². The van der Waals surface area contributed by atoms with Gasteiger partial charge in [0.1, 0.15) is 0 Å². The van der Waals surface area contributed by atoms with Crippen molar-refractivity contribution in [3.8, 4) is 12.1 Å². The van der Waals surface area contributed by atoms with E-state index in [4.69, 9.17) is 10.5 Å². The van der Waals surface area contributed by atoms with E-state index in [0.29, 0.717) is 0 Å². The molecule has 0 bridgehead atoms.